The number of piperidine rings is 1. The van der Waals surface area contributed by atoms with E-state index in [-0.39, 0.29) is 23.7 Å². The van der Waals surface area contributed by atoms with Gasteiger partial charge in [-0.2, -0.15) is 0 Å². The third-order valence-corrected chi connectivity index (χ3v) is 6.76. The molecule has 34 heavy (non-hydrogen) atoms. The van der Waals surface area contributed by atoms with E-state index in [1.54, 1.807) is 31.2 Å². The fraction of sp³-hybridized carbons (Fsp3) is 0.400. The van der Waals surface area contributed by atoms with E-state index in [1.165, 1.54) is 6.07 Å². The van der Waals surface area contributed by atoms with Crippen LogP contribution in [0.2, 0.25) is 0 Å². The van der Waals surface area contributed by atoms with Crippen molar-refractivity contribution >= 4 is 5.91 Å². The van der Waals surface area contributed by atoms with Gasteiger partial charge in [0.1, 0.15) is 17.3 Å². The van der Waals surface area contributed by atoms with Gasteiger partial charge >= 0.3 is 0 Å². The highest BCUT2D eigenvalue weighted by Gasteiger charge is 2.35. The van der Waals surface area contributed by atoms with Crippen LogP contribution >= 0.6 is 0 Å². The van der Waals surface area contributed by atoms with Crippen LogP contribution in [0, 0.1) is 12.8 Å². The zero-order chi connectivity index (χ0) is 24.0. The molecule has 1 fully saturated rings. The van der Waals surface area contributed by atoms with Crippen LogP contribution in [0.15, 0.2) is 54.8 Å². The van der Waals surface area contributed by atoms with E-state index < -0.39 is 23.0 Å². The van der Waals surface area contributed by atoms with Crippen LogP contribution in [-0.2, 0) is 17.9 Å². The van der Waals surface area contributed by atoms with Crippen LogP contribution in [0.25, 0.3) is 0 Å². The Morgan fingerprint density at radius 2 is 2.00 bits per heavy atom. The number of nitrogens with two attached hydrogens (primary N) is 1. The fourth-order valence-electron chi connectivity index (χ4n) is 5.38. The average molecular weight is 466 g/mol. The summed E-state index contributed by atoms with van der Waals surface area (Å²) in [6.45, 7) is 4.29. The van der Waals surface area contributed by atoms with E-state index in [1.807, 2.05) is 10.6 Å². The second-order valence-corrected chi connectivity index (χ2v) is 9.35. The molecule has 0 unspecified atom stereocenters. The van der Waals surface area contributed by atoms with Crippen LogP contribution < -0.4 is 16.7 Å². The van der Waals surface area contributed by atoms with Crippen molar-refractivity contribution in [3.8, 4) is 5.75 Å². The van der Waals surface area contributed by atoms with Crippen LogP contribution in [0.4, 0.5) is 0 Å². The van der Waals surface area contributed by atoms with Gasteiger partial charge in [-0.15, -0.1) is 0 Å². The highest BCUT2D eigenvalue weighted by molar-refractivity contribution is 5.75. The lowest BCUT2D eigenvalue weighted by molar-refractivity contribution is -0.118. The molecule has 0 saturated carbocycles. The van der Waals surface area contributed by atoms with Crippen molar-refractivity contribution in [2.45, 2.75) is 44.7 Å². The third-order valence-electron chi connectivity index (χ3n) is 6.76. The van der Waals surface area contributed by atoms with Crippen molar-refractivity contribution in [1.82, 2.24) is 9.47 Å². The number of primary amides is 1. The topological polar surface area (TPSA) is 132 Å². The first-order valence-corrected chi connectivity index (χ1v) is 11.4. The second-order valence-electron chi connectivity index (χ2n) is 9.35. The molecule has 3 atom stereocenters. The summed E-state index contributed by atoms with van der Waals surface area (Å²) >= 11 is 0. The molecular weight excluding hydrogens is 438 g/mol. The molecule has 0 aromatic carbocycles. The first-order chi connectivity index (χ1) is 16.3. The Labute approximate surface area is 195 Å². The summed E-state index contributed by atoms with van der Waals surface area (Å²) in [7, 11) is 0. The minimum Gasteiger partial charge on any atom is -0.502 e. The van der Waals surface area contributed by atoms with Gasteiger partial charge in [0.15, 0.2) is 5.76 Å². The van der Waals surface area contributed by atoms with E-state index in [0.29, 0.717) is 36.3 Å². The molecule has 1 amide bonds. The van der Waals surface area contributed by atoms with Crippen LogP contribution in [0.5, 0.6) is 5.75 Å². The highest BCUT2D eigenvalue weighted by Crippen LogP contribution is 2.37. The van der Waals surface area contributed by atoms with Crippen molar-refractivity contribution in [2.24, 2.45) is 11.7 Å². The number of carbonyl (C=O) groups is 1. The molecule has 0 radical (unpaired) electrons. The number of fused-ring (bicyclic) bond motifs is 4. The molecule has 5 heterocycles. The molecule has 1 saturated heterocycles. The fourth-order valence-corrected chi connectivity index (χ4v) is 5.38. The molecule has 2 aliphatic rings. The summed E-state index contributed by atoms with van der Waals surface area (Å²) in [6.07, 6.45) is 0.843. The molecule has 3 aromatic rings. The van der Waals surface area contributed by atoms with Gasteiger partial charge in [-0.3, -0.25) is 19.3 Å². The molecule has 0 aliphatic carbocycles. The average Bonchev–Trinajstić information content (AvgIpc) is 3.21. The number of pyridine rings is 1. The standard InChI is InChI=1S/C25H27N3O6/c1-14-5-6-21(33-14)18(9-22(26)30)25-24(32)20(29)8-17(34-25)13-27-10-15-7-16(12-27)19-3-2-4-23(31)28(19)11-15/h2-6,8,15-16,18,32H,7,9-13H2,1H3,(H2,26,30)/t15-,16+,18+/m1/s1. The molecule has 0 spiro atoms. The summed E-state index contributed by atoms with van der Waals surface area (Å²) in [4.78, 5) is 38.8. The molecule has 2 bridgehead atoms. The number of carbonyl (C=O) groups excluding carboxylic acids is 1. The molecule has 9 nitrogen and oxygen atoms in total. The summed E-state index contributed by atoms with van der Waals surface area (Å²) < 4.78 is 13.5. The summed E-state index contributed by atoms with van der Waals surface area (Å²) in [5.41, 5.74) is 5.93. The molecule has 5 rings (SSSR count). The van der Waals surface area contributed by atoms with Crippen molar-refractivity contribution in [3.05, 3.63) is 85.7 Å². The van der Waals surface area contributed by atoms with Gasteiger partial charge in [0.05, 0.1) is 12.5 Å². The number of hydrogen-bond acceptors (Lipinski definition) is 7. The SMILES string of the molecule is Cc1ccc([C@H](CC(N)=O)c2oc(CN3C[C@H]4C[C@@H](C3)c3cccc(=O)n3C4)cc(=O)c2O)o1. The Morgan fingerprint density at radius 1 is 1.18 bits per heavy atom. The van der Waals surface area contributed by atoms with Crippen molar-refractivity contribution in [3.63, 3.8) is 0 Å². The highest BCUT2D eigenvalue weighted by atomic mass is 16.4. The van der Waals surface area contributed by atoms with Gasteiger partial charge in [-0.05, 0) is 37.5 Å². The zero-order valence-corrected chi connectivity index (χ0v) is 18.9. The monoisotopic (exact) mass is 465 g/mol. The summed E-state index contributed by atoms with van der Waals surface area (Å²) in [6, 6.07) is 10.1. The van der Waals surface area contributed by atoms with Gasteiger partial charge < -0.3 is 24.2 Å². The Bertz CT molecular complexity index is 1350. The summed E-state index contributed by atoms with van der Waals surface area (Å²) in [5.74, 6) is -0.0360. The predicted octanol–water partition coefficient (Wildman–Crippen LogP) is 2.04. The van der Waals surface area contributed by atoms with Crippen molar-refractivity contribution in [2.75, 3.05) is 13.1 Å². The lowest BCUT2D eigenvalue weighted by atomic mass is 9.83. The number of nitrogens with zero attached hydrogens (tertiary/aromatic N) is 2. The predicted molar refractivity (Wildman–Crippen MR) is 123 cm³/mol. The number of rotatable bonds is 6. The van der Waals surface area contributed by atoms with E-state index in [2.05, 4.69) is 4.90 Å². The number of hydrogen-bond donors (Lipinski definition) is 2. The van der Waals surface area contributed by atoms with Crippen LogP contribution in [-0.4, -0.2) is 33.6 Å². The maximum absolute atomic E-state index is 12.6. The largest absolute Gasteiger partial charge is 0.502 e. The number of aromatic hydroxyl groups is 1. The van der Waals surface area contributed by atoms with Crippen LogP contribution in [0.3, 0.4) is 0 Å². The number of furan rings is 1. The van der Waals surface area contributed by atoms with Gasteiger partial charge in [0, 0.05) is 49.8 Å². The quantitative estimate of drug-likeness (QED) is 0.569. The lowest BCUT2D eigenvalue weighted by Gasteiger charge is -2.42. The Balaban J connectivity index is 1.44. The number of likely N-dealkylation sites (tertiary alicyclic amines) is 1. The minimum atomic E-state index is -0.807. The van der Waals surface area contributed by atoms with E-state index in [4.69, 9.17) is 14.6 Å². The molecule has 3 aromatic heterocycles. The lowest BCUT2D eigenvalue weighted by Crippen LogP contribution is -2.46. The zero-order valence-electron chi connectivity index (χ0n) is 18.9. The Morgan fingerprint density at radius 3 is 2.74 bits per heavy atom. The maximum atomic E-state index is 12.6. The number of aromatic nitrogens is 1. The molecule has 9 heteroatoms. The molecule has 2 aliphatic heterocycles. The van der Waals surface area contributed by atoms with Gasteiger partial charge in [-0.25, -0.2) is 0 Å². The van der Waals surface area contributed by atoms with Crippen molar-refractivity contribution < 1.29 is 18.7 Å². The number of aryl methyl sites for hydroxylation is 1. The molecule has 178 valence electrons. The smallest absolute Gasteiger partial charge is 0.250 e. The Hall–Kier alpha value is -3.59. The maximum Gasteiger partial charge on any atom is 0.250 e. The van der Waals surface area contributed by atoms with Crippen molar-refractivity contribution in [1.29, 1.82) is 0 Å². The second kappa shape index (κ2) is 8.64. The first-order valence-electron chi connectivity index (χ1n) is 11.4. The van der Waals surface area contributed by atoms with E-state index in [9.17, 15) is 19.5 Å². The normalized spacial score (nSPS) is 20.6. The van der Waals surface area contributed by atoms with Gasteiger partial charge in [0.2, 0.25) is 17.1 Å². The summed E-state index contributed by atoms with van der Waals surface area (Å²) in [5, 5.41) is 10.5. The van der Waals surface area contributed by atoms with E-state index >= 15 is 0 Å². The van der Waals surface area contributed by atoms with Gasteiger partial charge in [0.25, 0.3) is 5.56 Å². The molecule has 3 N–H and O–H groups in total. The first kappa shape index (κ1) is 22.2. The minimum absolute atomic E-state index is 0.0234. The van der Waals surface area contributed by atoms with E-state index in [0.717, 1.165) is 25.2 Å². The van der Waals surface area contributed by atoms with Crippen LogP contribution in [0.1, 0.15) is 53.4 Å². The third kappa shape index (κ3) is 4.19. The Kier molecular flexibility index (Phi) is 5.65. The molecular formula is C25H27N3O6. The van der Waals surface area contributed by atoms with Gasteiger partial charge in [-0.1, -0.05) is 6.07 Å². The number of amides is 1.